The van der Waals surface area contributed by atoms with Crippen LogP contribution in [-0.4, -0.2) is 23.0 Å². The summed E-state index contributed by atoms with van der Waals surface area (Å²) in [4.78, 5) is 6.67. The second kappa shape index (κ2) is 7.02. The maximum absolute atomic E-state index is 4.20. The van der Waals surface area contributed by atoms with E-state index in [0.29, 0.717) is 0 Å². The first-order chi connectivity index (χ1) is 7.65. The predicted octanol–water partition coefficient (Wildman–Crippen LogP) is 3.71. The fraction of sp³-hybridized carbons (Fsp3) is 0.615. The van der Waals surface area contributed by atoms with Gasteiger partial charge in [-0.1, -0.05) is 27.2 Å². The number of rotatable bonds is 6. The lowest BCUT2D eigenvalue weighted by Gasteiger charge is -2.23. The molecule has 2 nitrogen and oxygen atoms in total. The van der Waals surface area contributed by atoms with Crippen LogP contribution >= 0.6 is 15.9 Å². The van der Waals surface area contributed by atoms with E-state index in [1.165, 1.54) is 18.5 Å². The van der Waals surface area contributed by atoms with E-state index < -0.39 is 0 Å². The zero-order valence-electron chi connectivity index (χ0n) is 10.4. The molecule has 0 fully saturated rings. The van der Waals surface area contributed by atoms with E-state index in [1.54, 1.807) is 0 Å². The maximum atomic E-state index is 4.20. The van der Waals surface area contributed by atoms with Crippen molar-refractivity contribution in [2.24, 2.45) is 5.92 Å². The molecule has 0 radical (unpaired) electrons. The molecule has 0 aromatic carbocycles. The van der Waals surface area contributed by atoms with Gasteiger partial charge in [-0.15, -0.1) is 0 Å². The summed E-state index contributed by atoms with van der Waals surface area (Å²) >= 11 is 3.46. The highest BCUT2D eigenvalue weighted by atomic mass is 79.9. The Morgan fingerprint density at radius 1 is 1.38 bits per heavy atom. The van der Waals surface area contributed by atoms with Crippen LogP contribution in [0.15, 0.2) is 22.9 Å². The summed E-state index contributed by atoms with van der Waals surface area (Å²) in [5.74, 6) is 0.764. The van der Waals surface area contributed by atoms with Crippen LogP contribution in [0.5, 0.6) is 0 Å². The normalized spacial score (nSPS) is 13.1. The third kappa shape index (κ3) is 4.62. The highest BCUT2D eigenvalue weighted by Gasteiger charge is 2.08. The summed E-state index contributed by atoms with van der Waals surface area (Å²) < 4.78 is 1.06. The number of nitrogens with zero attached hydrogens (tertiary/aromatic N) is 2. The minimum Gasteiger partial charge on any atom is -0.299 e. The lowest BCUT2D eigenvalue weighted by molar-refractivity contribution is 0.238. The van der Waals surface area contributed by atoms with Crippen LogP contribution in [0.25, 0.3) is 0 Å². The highest BCUT2D eigenvalue weighted by Crippen LogP contribution is 2.13. The van der Waals surface area contributed by atoms with Crippen LogP contribution in [0.3, 0.4) is 0 Å². The lowest BCUT2D eigenvalue weighted by atomic mass is 10.1. The molecule has 1 heterocycles. The van der Waals surface area contributed by atoms with Crippen LogP contribution in [0.1, 0.15) is 32.8 Å². The summed E-state index contributed by atoms with van der Waals surface area (Å²) in [6.45, 7) is 10.0. The van der Waals surface area contributed by atoms with Gasteiger partial charge in [0, 0.05) is 30.0 Å². The summed E-state index contributed by atoms with van der Waals surface area (Å²) in [7, 11) is 0. The van der Waals surface area contributed by atoms with Gasteiger partial charge in [-0.25, -0.2) is 0 Å². The van der Waals surface area contributed by atoms with E-state index in [0.717, 1.165) is 23.5 Å². The van der Waals surface area contributed by atoms with Crippen molar-refractivity contribution >= 4 is 15.9 Å². The topological polar surface area (TPSA) is 16.1 Å². The van der Waals surface area contributed by atoms with E-state index in [2.05, 4.69) is 52.7 Å². The number of hydrogen-bond donors (Lipinski definition) is 0. The maximum Gasteiger partial charge on any atom is 0.0410 e. The van der Waals surface area contributed by atoms with Crippen molar-refractivity contribution in [2.45, 2.75) is 33.7 Å². The van der Waals surface area contributed by atoms with Crippen LogP contribution in [0.2, 0.25) is 0 Å². The Hall–Kier alpha value is -0.410. The van der Waals surface area contributed by atoms with Crippen molar-refractivity contribution in [3.63, 3.8) is 0 Å². The minimum absolute atomic E-state index is 0.764. The van der Waals surface area contributed by atoms with Crippen molar-refractivity contribution in [2.75, 3.05) is 13.1 Å². The van der Waals surface area contributed by atoms with E-state index in [1.807, 2.05) is 12.4 Å². The van der Waals surface area contributed by atoms with E-state index in [9.17, 15) is 0 Å². The van der Waals surface area contributed by atoms with Gasteiger partial charge < -0.3 is 0 Å². The Balaban J connectivity index is 2.56. The Kier molecular flexibility index (Phi) is 5.99. The Labute approximate surface area is 107 Å². The molecule has 0 aliphatic rings. The third-order valence-electron chi connectivity index (χ3n) is 2.88. The molecule has 1 aromatic heterocycles. The van der Waals surface area contributed by atoms with Gasteiger partial charge in [0.25, 0.3) is 0 Å². The zero-order valence-corrected chi connectivity index (χ0v) is 12.0. The molecule has 0 saturated heterocycles. The predicted molar refractivity (Wildman–Crippen MR) is 72.3 cm³/mol. The third-order valence-corrected chi connectivity index (χ3v) is 3.32. The molecule has 0 amide bonds. The molecule has 0 N–H and O–H groups in total. The van der Waals surface area contributed by atoms with Gasteiger partial charge in [0.05, 0.1) is 0 Å². The second-order valence-electron chi connectivity index (χ2n) is 4.35. The fourth-order valence-corrected chi connectivity index (χ4v) is 2.09. The van der Waals surface area contributed by atoms with Crippen LogP contribution in [-0.2, 0) is 6.54 Å². The first-order valence-electron chi connectivity index (χ1n) is 5.97. The Morgan fingerprint density at radius 2 is 2.12 bits per heavy atom. The van der Waals surface area contributed by atoms with Crippen LogP contribution in [0.4, 0.5) is 0 Å². The van der Waals surface area contributed by atoms with Crippen LogP contribution in [0, 0.1) is 5.92 Å². The molecular weight excluding hydrogens is 264 g/mol. The Morgan fingerprint density at radius 3 is 2.69 bits per heavy atom. The number of aromatic nitrogens is 1. The molecule has 0 spiro atoms. The molecule has 0 aliphatic heterocycles. The molecule has 0 saturated carbocycles. The van der Waals surface area contributed by atoms with Gasteiger partial charge in [-0.3, -0.25) is 9.88 Å². The smallest absolute Gasteiger partial charge is 0.0410 e. The quantitative estimate of drug-likeness (QED) is 0.792. The number of halogens is 1. The molecule has 1 atom stereocenters. The van der Waals surface area contributed by atoms with Crippen molar-refractivity contribution in [3.8, 4) is 0 Å². The number of pyridine rings is 1. The monoisotopic (exact) mass is 284 g/mol. The fourth-order valence-electron chi connectivity index (χ4n) is 1.68. The zero-order chi connectivity index (χ0) is 12.0. The molecule has 1 rings (SSSR count). The standard InChI is InChI=1S/C13H21BrN2/c1-4-11(3)9-16(5-2)10-12-6-13(14)8-15-7-12/h6-8,11H,4-5,9-10H2,1-3H3. The molecule has 1 unspecified atom stereocenters. The lowest BCUT2D eigenvalue weighted by Crippen LogP contribution is -2.27. The highest BCUT2D eigenvalue weighted by molar-refractivity contribution is 9.10. The average molecular weight is 285 g/mol. The molecule has 90 valence electrons. The van der Waals surface area contributed by atoms with E-state index >= 15 is 0 Å². The van der Waals surface area contributed by atoms with Gasteiger partial charge in [-0.05, 0) is 40.0 Å². The molecule has 0 aliphatic carbocycles. The minimum atomic E-state index is 0.764. The van der Waals surface area contributed by atoms with Gasteiger partial charge in [0.15, 0.2) is 0 Å². The molecule has 3 heteroatoms. The summed E-state index contributed by atoms with van der Waals surface area (Å²) in [5.41, 5.74) is 1.28. The second-order valence-corrected chi connectivity index (χ2v) is 5.27. The van der Waals surface area contributed by atoms with Gasteiger partial charge in [0.2, 0.25) is 0 Å². The first-order valence-corrected chi connectivity index (χ1v) is 6.76. The van der Waals surface area contributed by atoms with Crippen molar-refractivity contribution in [1.82, 2.24) is 9.88 Å². The molecule has 16 heavy (non-hydrogen) atoms. The molecule has 0 bridgehead atoms. The summed E-state index contributed by atoms with van der Waals surface area (Å²) in [6, 6.07) is 2.15. The summed E-state index contributed by atoms with van der Waals surface area (Å²) in [5, 5.41) is 0. The molecular formula is C13H21BrN2. The number of hydrogen-bond acceptors (Lipinski definition) is 2. The first kappa shape index (κ1) is 13.7. The SMILES string of the molecule is CCC(C)CN(CC)Cc1cncc(Br)c1. The van der Waals surface area contributed by atoms with Gasteiger partial charge >= 0.3 is 0 Å². The van der Waals surface area contributed by atoms with Crippen molar-refractivity contribution < 1.29 is 0 Å². The van der Waals surface area contributed by atoms with Crippen molar-refractivity contribution in [3.05, 3.63) is 28.5 Å². The molecule has 1 aromatic rings. The van der Waals surface area contributed by atoms with E-state index in [-0.39, 0.29) is 0 Å². The largest absolute Gasteiger partial charge is 0.299 e. The Bertz CT molecular complexity index is 315. The average Bonchev–Trinajstić information content (AvgIpc) is 2.28. The van der Waals surface area contributed by atoms with Crippen LogP contribution < -0.4 is 0 Å². The van der Waals surface area contributed by atoms with Gasteiger partial charge in [0.1, 0.15) is 0 Å². The van der Waals surface area contributed by atoms with Crippen molar-refractivity contribution in [1.29, 1.82) is 0 Å². The van der Waals surface area contributed by atoms with Gasteiger partial charge in [-0.2, -0.15) is 0 Å². The summed E-state index contributed by atoms with van der Waals surface area (Å²) in [6.07, 6.45) is 5.02. The van der Waals surface area contributed by atoms with E-state index in [4.69, 9.17) is 0 Å².